The Bertz CT molecular complexity index is 552. The molecule has 1 aromatic rings. The smallest absolute Gasteiger partial charge is 0.376 e. The van der Waals surface area contributed by atoms with E-state index in [0.717, 1.165) is 12.1 Å². The van der Waals surface area contributed by atoms with E-state index in [9.17, 15) is 18.0 Å². The molecule has 1 fully saturated rings. The second kappa shape index (κ2) is 6.88. The van der Waals surface area contributed by atoms with Gasteiger partial charge < -0.3 is 14.8 Å². The molecule has 0 spiro atoms. The van der Waals surface area contributed by atoms with E-state index in [2.05, 4.69) is 5.32 Å². The van der Waals surface area contributed by atoms with Crippen LogP contribution >= 0.6 is 0 Å². The van der Waals surface area contributed by atoms with Gasteiger partial charge in [0.2, 0.25) is 0 Å². The minimum Gasteiger partial charge on any atom is -0.376 e. The minimum absolute atomic E-state index is 0.190. The van der Waals surface area contributed by atoms with Crippen molar-refractivity contribution < 1.29 is 27.4 Å². The molecule has 1 N–H and O–H groups in total. The third kappa shape index (κ3) is 4.68. The van der Waals surface area contributed by atoms with Gasteiger partial charge >= 0.3 is 6.18 Å². The van der Waals surface area contributed by atoms with Gasteiger partial charge in [0.05, 0.1) is 25.4 Å². The zero-order chi connectivity index (χ0) is 17.1. The third-order valence-electron chi connectivity index (χ3n) is 3.78. The predicted molar refractivity (Wildman–Crippen MR) is 78.0 cm³/mol. The van der Waals surface area contributed by atoms with Gasteiger partial charge in [-0.1, -0.05) is 32.0 Å². The van der Waals surface area contributed by atoms with Gasteiger partial charge in [-0.15, -0.1) is 0 Å². The Morgan fingerprint density at radius 3 is 2.57 bits per heavy atom. The van der Waals surface area contributed by atoms with Gasteiger partial charge in [0, 0.05) is 12.0 Å². The van der Waals surface area contributed by atoms with Crippen molar-refractivity contribution in [3.05, 3.63) is 35.4 Å². The number of nitrogens with one attached hydrogen (secondary N) is 1. The van der Waals surface area contributed by atoms with E-state index in [4.69, 9.17) is 9.47 Å². The molecule has 0 radical (unpaired) electrons. The van der Waals surface area contributed by atoms with Gasteiger partial charge in [0.1, 0.15) is 0 Å². The number of carbonyl (C=O) groups excluding carboxylic acids is 1. The van der Waals surface area contributed by atoms with E-state index < -0.39 is 23.3 Å². The van der Waals surface area contributed by atoms with E-state index in [1.807, 2.05) is 0 Å². The average molecular weight is 331 g/mol. The maximum absolute atomic E-state index is 12.8. The van der Waals surface area contributed by atoms with Crippen LogP contribution in [0.5, 0.6) is 0 Å². The Morgan fingerprint density at radius 1 is 1.26 bits per heavy atom. The van der Waals surface area contributed by atoms with Crippen molar-refractivity contribution in [2.75, 3.05) is 26.4 Å². The topological polar surface area (TPSA) is 47.6 Å². The molecule has 1 aliphatic rings. The highest BCUT2D eigenvalue weighted by molar-refractivity contribution is 5.81. The fourth-order valence-corrected chi connectivity index (χ4v) is 2.28. The zero-order valence-corrected chi connectivity index (χ0v) is 13.1. The summed E-state index contributed by atoms with van der Waals surface area (Å²) >= 11 is 0. The largest absolute Gasteiger partial charge is 0.416 e. The van der Waals surface area contributed by atoms with Crippen molar-refractivity contribution in [3.8, 4) is 0 Å². The lowest BCUT2D eigenvalue weighted by molar-refractivity contribution is -0.147. The number of benzene rings is 1. The summed E-state index contributed by atoms with van der Waals surface area (Å²) < 4.78 is 48.9. The molecular formula is C16H20F3NO3. The molecule has 128 valence electrons. The van der Waals surface area contributed by atoms with E-state index in [0.29, 0.717) is 18.8 Å². The molecule has 23 heavy (non-hydrogen) atoms. The number of alkyl halides is 3. The summed E-state index contributed by atoms with van der Waals surface area (Å²) in [6.45, 7) is 4.76. The minimum atomic E-state index is -4.39. The van der Waals surface area contributed by atoms with Crippen molar-refractivity contribution in [1.29, 1.82) is 0 Å². The van der Waals surface area contributed by atoms with Crippen LogP contribution in [-0.4, -0.2) is 38.4 Å². The number of hydrogen-bond donors (Lipinski definition) is 1. The molecule has 1 heterocycles. The van der Waals surface area contributed by atoms with E-state index in [-0.39, 0.29) is 19.1 Å². The first-order valence-corrected chi connectivity index (χ1v) is 7.35. The number of rotatable bonds is 4. The lowest BCUT2D eigenvalue weighted by Gasteiger charge is -2.28. The van der Waals surface area contributed by atoms with Gasteiger partial charge in [-0.05, 0) is 11.6 Å². The molecule has 0 aromatic heterocycles. The van der Waals surface area contributed by atoms with Crippen LogP contribution in [0.25, 0.3) is 0 Å². The second-order valence-corrected chi connectivity index (χ2v) is 6.11. The first-order valence-electron chi connectivity index (χ1n) is 7.35. The molecule has 7 heteroatoms. The number of halogens is 3. The summed E-state index contributed by atoms with van der Waals surface area (Å²) in [5.41, 5.74) is -0.834. The highest BCUT2D eigenvalue weighted by Gasteiger charge is 2.32. The Balaban J connectivity index is 2.02. The number of ether oxygens (including phenoxy) is 2. The Hall–Kier alpha value is -1.60. The van der Waals surface area contributed by atoms with Gasteiger partial charge in [-0.3, -0.25) is 4.79 Å². The van der Waals surface area contributed by atoms with Crippen molar-refractivity contribution in [1.82, 2.24) is 5.32 Å². The second-order valence-electron chi connectivity index (χ2n) is 6.11. The van der Waals surface area contributed by atoms with Gasteiger partial charge in [0.25, 0.3) is 5.91 Å². The van der Waals surface area contributed by atoms with Crippen molar-refractivity contribution in [2.45, 2.75) is 31.5 Å². The molecule has 0 aliphatic carbocycles. The van der Waals surface area contributed by atoms with Crippen LogP contribution in [0.2, 0.25) is 0 Å². The maximum atomic E-state index is 12.8. The van der Waals surface area contributed by atoms with E-state index in [1.54, 1.807) is 19.9 Å². The summed E-state index contributed by atoms with van der Waals surface area (Å²) in [5, 5.41) is 2.72. The van der Waals surface area contributed by atoms with Gasteiger partial charge in [-0.2, -0.15) is 13.2 Å². The molecule has 1 aromatic carbocycles. The fraction of sp³-hybridized carbons (Fsp3) is 0.562. The van der Waals surface area contributed by atoms with Crippen molar-refractivity contribution in [2.24, 2.45) is 0 Å². The lowest BCUT2D eigenvalue weighted by Crippen LogP contribution is -2.46. The highest BCUT2D eigenvalue weighted by Crippen LogP contribution is 2.32. The lowest BCUT2D eigenvalue weighted by atomic mass is 9.83. The molecule has 1 saturated heterocycles. The SMILES string of the molecule is CC(C)(CNC(=O)[C@H]1COCCO1)c1cccc(C(F)(F)F)c1. The fourth-order valence-electron chi connectivity index (χ4n) is 2.28. The van der Waals surface area contributed by atoms with Crippen LogP contribution in [0.4, 0.5) is 13.2 Å². The maximum Gasteiger partial charge on any atom is 0.416 e. The van der Waals surface area contributed by atoms with Crippen LogP contribution in [0.3, 0.4) is 0 Å². The number of carbonyl (C=O) groups is 1. The standard InChI is InChI=1S/C16H20F3NO3/c1-15(2,10-20-14(21)13-9-22-6-7-23-13)11-4-3-5-12(8-11)16(17,18)19/h3-5,8,13H,6-7,9-10H2,1-2H3,(H,20,21)/t13-/m1/s1. The molecule has 0 saturated carbocycles. The summed E-state index contributed by atoms with van der Waals surface area (Å²) in [6.07, 6.45) is -5.05. The molecule has 1 aliphatic heterocycles. The van der Waals surface area contributed by atoms with Crippen LogP contribution < -0.4 is 5.32 Å². The molecule has 2 rings (SSSR count). The van der Waals surface area contributed by atoms with Gasteiger partial charge in [0.15, 0.2) is 6.10 Å². The predicted octanol–water partition coefficient (Wildman–Crippen LogP) is 2.51. The normalized spacial score (nSPS) is 19.4. The summed E-state index contributed by atoms with van der Waals surface area (Å²) in [4.78, 5) is 12.0. The van der Waals surface area contributed by atoms with Crippen LogP contribution in [-0.2, 0) is 25.9 Å². The Kier molecular flexibility index (Phi) is 5.31. The monoisotopic (exact) mass is 331 g/mol. The first-order chi connectivity index (χ1) is 10.7. The molecule has 1 amide bonds. The van der Waals surface area contributed by atoms with E-state index in [1.165, 1.54) is 6.07 Å². The summed E-state index contributed by atoms with van der Waals surface area (Å²) in [5.74, 6) is -0.315. The van der Waals surface area contributed by atoms with Crippen LogP contribution in [0.1, 0.15) is 25.0 Å². The van der Waals surface area contributed by atoms with Crippen LogP contribution in [0, 0.1) is 0 Å². The first kappa shape index (κ1) is 17.7. The molecule has 0 unspecified atom stereocenters. The molecule has 4 nitrogen and oxygen atoms in total. The quantitative estimate of drug-likeness (QED) is 0.922. The van der Waals surface area contributed by atoms with Gasteiger partial charge in [-0.25, -0.2) is 0 Å². The molecule has 0 bridgehead atoms. The summed E-state index contributed by atoms with van der Waals surface area (Å²) in [6, 6.07) is 5.15. The number of hydrogen-bond acceptors (Lipinski definition) is 3. The third-order valence-corrected chi connectivity index (χ3v) is 3.78. The van der Waals surface area contributed by atoms with Crippen molar-refractivity contribution >= 4 is 5.91 Å². The summed E-state index contributed by atoms with van der Waals surface area (Å²) in [7, 11) is 0. The average Bonchev–Trinajstić information content (AvgIpc) is 2.53. The molecular weight excluding hydrogens is 311 g/mol. The molecule has 1 atom stereocenters. The number of amides is 1. The van der Waals surface area contributed by atoms with E-state index >= 15 is 0 Å². The van der Waals surface area contributed by atoms with Crippen molar-refractivity contribution in [3.63, 3.8) is 0 Å². The Morgan fingerprint density at radius 2 is 1.96 bits per heavy atom. The highest BCUT2D eigenvalue weighted by atomic mass is 19.4. The van der Waals surface area contributed by atoms with Crippen LogP contribution in [0.15, 0.2) is 24.3 Å². The Labute approximate surface area is 133 Å². The zero-order valence-electron chi connectivity index (χ0n) is 13.1.